The summed E-state index contributed by atoms with van der Waals surface area (Å²) >= 11 is 0. The van der Waals surface area contributed by atoms with E-state index in [0.29, 0.717) is 16.3 Å². The van der Waals surface area contributed by atoms with Crippen molar-refractivity contribution in [2.45, 2.75) is 53.9 Å². The summed E-state index contributed by atoms with van der Waals surface area (Å²) in [6.07, 6.45) is 15.1. The van der Waals surface area contributed by atoms with E-state index >= 15 is 0 Å². The van der Waals surface area contributed by atoms with Gasteiger partial charge in [0.2, 0.25) is 5.82 Å². The van der Waals surface area contributed by atoms with Crippen molar-refractivity contribution >= 4 is 5.91 Å². The van der Waals surface area contributed by atoms with E-state index in [9.17, 15) is 18.8 Å². The molecule has 1 aliphatic rings. The van der Waals surface area contributed by atoms with Crippen LogP contribution in [-0.2, 0) is 0 Å². The number of rotatable bonds is 5. The normalized spacial score (nSPS) is 17.9. The molecular weight excluding hydrogens is 383 g/mol. The van der Waals surface area contributed by atoms with Crippen molar-refractivity contribution in [3.63, 3.8) is 0 Å². The number of carbonyl (C=O) groups excluding carboxylic acids is 1. The number of halogens is 1. The third kappa shape index (κ3) is 5.99. The van der Waals surface area contributed by atoms with Crippen molar-refractivity contribution in [1.29, 1.82) is 0 Å². The molecule has 30 heavy (non-hydrogen) atoms. The Labute approximate surface area is 176 Å². The molecule has 0 bridgehead atoms. The molecule has 1 N–H and O–H groups in total. The topological polar surface area (TPSA) is 71.9 Å². The zero-order valence-electron chi connectivity index (χ0n) is 18.2. The zero-order chi connectivity index (χ0) is 22.5. The smallest absolute Gasteiger partial charge is 0.271 e. The summed E-state index contributed by atoms with van der Waals surface area (Å²) in [5, 5.41) is 0. The number of hydrogen-bond donors (Lipinski definition) is 1. The first-order valence-electron chi connectivity index (χ1n) is 9.98. The molecule has 1 aliphatic carbocycles. The number of H-pyrrole nitrogens is 1. The highest BCUT2D eigenvalue weighted by Gasteiger charge is 2.26. The van der Waals surface area contributed by atoms with E-state index in [0.717, 1.165) is 12.0 Å². The Morgan fingerprint density at radius 3 is 2.57 bits per heavy atom. The van der Waals surface area contributed by atoms with Crippen LogP contribution >= 0.6 is 0 Å². The SMILES string of the molecule is CC1=C(/C=C/C(C)=C/C=C/C(C)=C/C(=O)n2cc(F)c(=O)[nH]c2=O)C(C)(C)CCC1. The Balaban J connectivity index is 2.10. The van der Waals surface area contributed by atoms with Crippen LogP contribution in [0, 0.1) is 11.2 Å². The Morgan fingerprint density at radius 1 is 1.20 bits per heavy atom. The van der Waals surface area contributed by atoms with Gasteiger partial charge in [0, 0.05) is 6.08 Å². The minimum absolute atomic E-state index is 0.188. The van der Waals surface area contributed by atoms with Gasteiger partial charge >= 0.3 is 5.69 Å². The van der Waals surface area contributed by atoms with E-state index in [1.807, 2.05) is 19.1 Å². The maximum absolute atomic E-state index is 13.3. The predicted molar refractivity (Wildman–Crippen MR) is 118 cm³/mol. The maximum Gasteiger partial charge on any atom is 0.335 e. The van der Waals surface area contributed by atoms with Crippen LogP contribution in [0.15, 0.2) is 74.5 Å². The molecule has 1 aromatic rings. The van der Waals surface area contributed by atoms with Gasteiger partial charge in [0.15, 0.2) is 0 Å². The quantitative estimate of drug-likeness (QED) is 0.555. The molecule has 0 unspecified atom stereocenters. The van der Waals surface area contributed by atoms with Crippen LogP contribution in [0.2, 0.25) is 0 Å². The summed E-state index contributed by atoms with van der Waals surface area (Å²) in [4.78, 5) is 36.6. The first-order valence-corrected chi connectivity index (χ1v) is 9.98. The first-order chi connectivity index (χ1) is 14.0. The molecule has 5 nitrogen and oxygen atoms in total. The molecule has 1 heterocycles. The molecule has 0 saturated heterocycles. The molecule has 6 heteroatoms. The number of aromatic amines is 1. The molecule has 2 rings (SSSR count). The number of nitrogens with zero attached hydrogens (tertiary/aromatic N) is 1. The van der Waals surface area contributed by atoms with E-state index in [1.165, 1.54) is 30.1 Å². The van der Waals surface area contributed by atoms with E-state index in [4.69, 9.17) is 0 Å². The number of allylic oxidation sites excluding steroid dienone is 10. The van der Waals surface area contributed by atoms with Crippen LogP contribution in [-0.4, -0.2) is 15.5 Å². The van der Waals surface area contributed by atoms with Crippen molar-refractivity contribution in [2.24, 2.45) is 5.41 Å². The second-order valence-corrected chi connectivity index (χ2v) is 8.37. The van der Waals surface area contributed by atoms with Crippen LogP contribution in [0.3, 0.4) is 0 Å². The molecule has 0 radical (unpaired) electrons. The largest absolute Gasteiger partial charge is 0.335 e. The monoisotopic (exact) mass is 412 g/mol. The molecule has 1 aromatic heterocycles. The molecule has 0 spiro atoms. The number of hydrogen-bond acceptors (Lipinski definition) is 3. The minimum atomic E-state index is -1.19. The summed E-state index contributed by atoms with van der Waals surface area (Å²) in [6.45, 7) is 10.4. The average Bonchev–Trinajstić information content (AvgIpc) is 2.63. The van der Waals surface area contributed by atoms with E-state index < -0.39 is 23.0 Å². The van der Waals surface area contributed by atoms with Gasteiger partial charge < -0.3 is 0 Å². The maximum atomic E-state index is 13.3. The lowest BCUT2D eigenvalue weighted by atomic mass is 9.72. The van der Waals surface area contributed by atoms with Crippen molar-refractivity contribution < 1.29 is 9.18 Å². The summed E-state index contributed by atoms with van der Waals surface area (Å²) in [5.74, 6) is -1.93. The average molecular weight is 413 g/mol. The Hall–Kier alpha value is -3.02. The van der Waals surface area contributed by atoms with Gasteiger partial charge in [-0.15, -0.1) is 0 Å². The Morgan fingerprint density at radius 2 is 1.90 bits per heavy atom. The molecule has 0 aliphatic heterocycles. The van der Waals surface area contributed by atoms with Crippen molar-refractivity contribution in [1.82, 2.24) is 9.55 Å². The van der Waals surface area contributed by atoms with Crippen LogP contribution in [0.5, 0.6) is 0 Å². The van der Waals surface area contributed by atoms with Gasteiger partial charge in [-0.1, -0.05) is 55.4 Å². The summed E-state index contributed by atoms with van der Waals surface area (Å²) in [5.41, 5.74) is 2.54. The number of aromatic nitrogens is 2. The van der Waals surface area contributed by atoms with Gasteiger partial charge in [-0.05, 0) is 56.6 Å². The third-order valence-corrected chi connectivity index (χ3v) is 5.26. The summed E-state index contributed by atoms with van der Waals surface area (Å²) in [6, 6.07) is 0. The highest BCUT2D eigenvalue weighted by atomic mass is 19.1. The molecule has 160 valence electrons. The van der Waals surface area contributed by atoms with Crippen LogP contribution in [0.4, 0.5) is 4.39 Å². The molecule has 0 amide bonds. The molecule has 0 saturated carbocycles. The van der Waals surface area contributed by atoms with E-state index in [1.54, 1.807) is 18.0 Å². The third-order valence-electron chi connectivity index (χ3n) is 5.26. The molecule has 0 atom stereocenters. The number of carbonyl (C=O) groups is 1. The van der Waals surface area contributed by atoms with E-state index in [-0.39, 0.29) is 5.41 Å². The fourth-order valence-corrected chi connectivity index (χ4v) is 3.56. The standard InChI is InChI=1S/C24H29FN2O3/c1-16(11-12-19-18(3)10-7-13-24(19,4)5)8-6-9-17(2)14-21(28)27-15-20(25)22(29)26-23(27)30/h6,8-9,11-12,14-15H,7,10,13H2,1-5H3,(H,26,29,30)/b9-6+,12-11+,16-8+,17-14+. The van der Waals surface area contributed by atoms with Crippen LogP contribution < -0.4 is 11.2 Å². The lowest BCUT2D eigenvalue weighted by Crippen LogP contribution is -2.34. The van der Waals surface area contributed by atoms with E-state index in [2.05, 4.69) is 32.9 Å². The summed E-state index contributed by atoms with van der Waals surface area (Å²) < 4.78 is 13.8. The van der Waals surface area contributed by atoms with Gasteiger partial charge in [-0.25, -0.2) is 9.36 Å². The fraction of sp³-hybridized carbons (Fsp3) is 0.375. The van der Waals surface area contributed by atoms with Gasteiger partial charge in [0.25, 0.3) is 11.5 Å². The zero-order valence-corrected chi connectivity index (χ0v) is 18.2. The first kappa shape index (κ1) is 23.3. The number of nitrogens with one attached hydrogen (secondary N) is 1. The van der Waals surface area contributed by atoms with Crippen molar-refractivity contribution in [3.8, 4) is 0 Å². The van der Waals surface area contributed by atoms with Gasteiger partial charge in [-0.2, -0.15) is 4.39 Å². The highest BCUT2D eigenvalue weighted by molar-refractivity contribution is 5.90. The molecule has 0 aromatic carbocycles. The van der Waals surface area contributed by atoms with Crippen LogP contribution in [0.1, 0.15) is 58.7 Å². The van der Waals surface area contributed by atoms with Crippen molar-refractivity contribution in [3.05, 3.63) is 91.6 Å². The predicted octanol–water partition coefficient (Wildman–Crippen LogP) is 4.85. The van der Waals surface area contributed by atoms with Gasteiger partial charge in [0.1, 0.15) is 0 Å². The lowest BCUT2D eigenvalue weighted by Gasteiger charge is -2.32. The highest BCUT2D eigenvalue weighted by Crippen LogP contribution is 2.40. The minimum Gasteiger partial charge on any atom is -0.271 e. The molecule has 0 fully saturated rings. The second-order valence-electron chi connectivity index (χ2n) is 8.37. The molecular formula is C24H29FN2O3. The van der Waals surface area contributed by atoms with Gasteiger partial charge in [-0.3, -0.25) is 14.6 Å². The van der Waals surface area contributed by atoms with Crippen molar-refractivity contribution in [2.75, 3.05) is 0 Å². The lowest BCUT2D eigenvalue weighted by molar-refractivity contribution is 0.0961. The fourth-order valence-electron chi connectivity index (χ4n) is 3.56. The second kappa shape index (κ2) is 9.65. The Kier molecular flexibility index (Phi) is 7.48. The van der Waals surface area contributed by atoms with Crippen LogP contribution in [0.25, 0.3) is 0 Å². The summed E-state index contributed by atoms with van der Waals surface area (Å²) in [7, 11) is 0. The Bertz CT molecular complexity index is 1090. The van der Waals surface area contributed by atoms with Gasteiger partial charge in [0.05, 0.1) is 6.20 Å².